The first-order valence-corrected chi connectivity index (χ1v) is 8.92. The van der Waals surface area contributed by atoms with Crippen LogP contribution < -0.4 is 5.32 Å². The van der Waals surface area contributed by atoms with Gasteiger partial charge in [0.15, 0.2) is 0 Å². The molecule has 2 aromatic carbocycles. The van der Waals surface area contributed by atoms with E-state index >= 15 is 0 Å². The van der Waals surface area contributed by atoms with Crippen LogP contribution in [0.5, 0.6) is 0 Å². The quantitative estimate of drug-likeness (QED) is 0.535. The van der Waals surface area contributed by atoms with Crippen molar-refractivity contribution in [2.45, 2.75) is 16.6 Å². The summed E-state index contributed by atoms with van der Waals surface area (Å²) in [5, 5.41) is 3.39. The average Bonchev–Trinajstić information content (AvgIpc) is 2.48. The highest BCUT2D eigenvalue weighted by Gasteiger charge is 2.14. The molecule has 0 radical (unpaired) electrons. The first-order valence-electron chi connectivity index (χ1n) is 6.41. The third kappa shape index (κ3) is 4.02. The predicted octanol–water partition coefficient (Wildman–Crippen LogP) is 5.77. The molecule has 2 aromatic rings. The minimum Gasteiger partial charge on any atom is -0.322 e. The topological polar surface area (TPSA) is 29.1 Å². The van der Waals surface area contributed by atoms with E-state index in [1.165, 1.54) is 0 Å². The molecule has 0 aromatic heterocycles. The van der Waals surface area contributed by atoms with Crippen molar-refractivity contribution in [3.05, 3.63) is 58.6 Å². The monoisotopic (exact) mass is 383 g/mol. The molecule has 21 heavy (non-hydrogen) atoms. The zero-order chi connectivity index (χ0) is 15.4. The number of carbonyl (C=O) groups excluding carboxylic acids is 1. The number of hydrogen-bond donors (Lipinski definition) is 1. The Kier molecular flexibility index (Phi) is 5.73. The van der Waals surface area contributed by atoms with Gasteiger partial charge in [-0.1, -0.05) is 45.7 Å². The van der Waals surface area contributed by atoms with E-state index in [1.54, 1.807) is 17.8 Å². The Balaban J connectivity index is 2.30. The maximum atomic E-state index is 12.5. The first kappa shape index (κ1) is 16.4. The fraction of sp³-hybridized carbons (Fsp3) is 0.188. The van der Waals surface area contributed by atoms with Crippen LogP contribution in [0.1, 0.15) is 27.7 Å². The Morgan fingerprint density at radius 3 is 2.67 bits per heavy atom. The second kappa shape index (κ2) is 7.34. The summed E-state index contributed by atoms with van der Waals surface area (Å²) >= 11 is 11.3. The smallest absolute Gasteiger partial charge is 0.257 e. The lowest BCUT2D eigenvalue weighted by Gasteiger charge is -2.13. The van der Waals surface area contributed by atoms with Crippen LogP contribution in [0.3, 0.4) is 0 Å². The molecule has 1 N–H and O–H groups in total. The molecule has 0 aliphatic heterocycles. The first-order chi connectivity index (χ1) is 10.0. The lowest BCUT2D eigenvalue weighted by molar-refractivity contribution is 0.102. The summed E-state index contributed by atoms with van der Waals surface area (Å²) in [6.07, 6.45) is 1.97. The maximum Gasteiger partial charge on any atom is 0.257 e. The van der Waals surface area contributed by atoms with Crippen molar-refractivity contribution < 1.29 is 4.79 Å². The third-order valence-electron chi connectivity index (χ3n) is 3.06. The van der Waals surface area contributed by atoms with E-state index in [2.05, 4.69) is 21.2 Å². The Bertz CT molecular complexity index is 660. The number of hydrogen-bond acceptors (Lipinski definition) is 2. The van der Waals surface area contributed by atoms with Crippen LogP contribution in [0.2, 0.25) is 5.02 Å². The van der Waals surface area contributed by atoms with E-state index in [-0.39, 0.29) is 10.7 Å². The molecule has 1 unspecified atom stereocenters. The molecular formula is C16H15BrClNOS. The van der Waals surface area contributed by atoms with E-state index in [4.69, 9.17) is 11.6 Å². The van der Waals surface area contributed by atoms with Crippen LogP contribution >= 0.6 is 39.3 Å². The number of nitrogens with one attached hydrogen (secondary N) is 1. The van der Waals surface area contributed by atoms with Gasteiger partial charge in [-0.3, -0.25) is 4.79 Å². The third-order valence-corrected chi connectivity index (χ3v) is 4.60. The van der Waals surface area contributed by atoms with Crippen LogP contribution in [-0.2, 0) is 0 Å². The summed E-state index contributed by atoms with van der Waals surface area (Å²) in [4.78, 5) is 13.6. The van der Waals surface area contributed by atoms with Crippen molar-refractivity contribution in [1.82, 2.24) is 0 Å². The molecule has 0 fully saturated rings. The highest BCUT2D eigenvalue weighted by molar-refractivity contribution is 9.09. The zero-order valence-electron chi connectivity index (χ0n) is 11.7. The van der Waals surface area contributed by atoms with Crippen molar-refractivity contribution in [2.75, 3.05) is 11.6 Å². The molecule has 1 amide bonds. The zero-order valence-corrected chi connectivity index (χ0v) is 14.8. The van der Waals surface area contributed by atoms with Gasteiger partial charge in [-0.15, -0.1) is 11.8 Å². The van der Waals surface area contributed by atoms with E-state index in [0.29, 0.717) is 10.6 Å². The van der Waals surface area contributed by atoms with Crippen molar-refractivity contribution in [2.24, 2.45) is 0 Å². The summed E-state index contributed by atoms with van der Waals surface area (Å²) in [7, 11) is 0. The van der Waals surface area contributed by atoms with Gasteiger partial charge in [0.1, 0.15) is 0 Å². The number of halogens is 2. The van der Waals surface area contributed by atoms with Gasteiger partial charge in [0.25, 0.3) is 5.91 Å². The molecule has 110 valence electrons. The van der Waals surface area contributed by atoms with Crippen LogP contribution in [0.25, 0.3) is 0 Å². The summed E-state index contributed by atoms with van der Waals surface area (Å²) in [5.41, 5.74) is 2.31. The lowest BCUT2D eigenvalue weighted by atomic mass is 10.1. The fourth-order valence-corrected chi connectivity index (χ4v) is 3.00. The normalized spacial score (nSPS) is 12.0. The van der Waals surface area contributed by atoms with Gasteiger partial charge in [-0.2, -0.15) is 0 Å². The number of alkyl halides is 1. The fourth-order valence-electron chi connectivity index (χ4n) is 1.95. The molecule has 0 heterocycles. The molecule has 2 nitrogen and oxygen atoms in total. The van der Waals surface area contributed by atoms with Crippen LogP contribution in [-0.4, -0.2) is 12.2 Å². The van der Waals surface area contributed by atoms with Crippen molar-refractivity contribution in [3.8, 4) is 0 Å². The van der Waals surface area contributed by atoms with E-state index in [9.17, 15) is 4.79 Å². The summed E-state index contributed by atoms with van der Waals surface area (Å²) in [6.45, 7) is 2.02. The molecule has 0 saturated heterocycles. The Morgan fingerprint density at radius 2 is 2.00 bits per heavy atom. The van der Waals surface area contributed by atoms with Crippen molar-refractivity contribution >= 4 is 50.9 Å². The molecule has 0 saturated carbocycles. The van der Waals surface area contributed by atoms with Gasteiger partial charge in [0.2, 0.25) is 0 Å². The standard InChI is InChI=1S/C16H15BrClNOS/c1-10(17)12-5-3-4-6-15(12)19-16(20)13-9-11(21-2)7-8-14(13)18/h3-10H,1-2H3,(H,19,20). The van der Waals surface area contributed by atoms with Gasteiger partial charge in [-0.25, -0.2) is 0 Å². The molecular weight excluding hydrogens is 370 g/mol. The van der Waals surface area contributed by atoms with Gasteiger partial charge in [-0.05, 0) is 43.0 Å². The number of amides is 1. The van der Waals surface area contributed by atoms with E-state index in [0.717, 1.165) is 16.1 Å². The predicted molar refractivity (Wildman–Crippen MR) is 95.0 cm³/mol. The largest absolute Gasteiger partial charge is 0.322 e. The van der Waals surface area contributed by atoms with Gasteiger partial charge in [0, 0.05) is 15.4 Å². The Hall–Kier alpha value is -0.970. The number of thioether (sulfide) groups is 1. The lowest BCUT2D eigenvalue weighted by Crippen LogP contribution is -2.14. The molecule has 1 atom stereocenters. The highest BCUT2D eigenvalue weighted by atomic mass is 79.9. The second-order valence-corrected chi connectivity index (χ2v) is 7.16. The molecule has 5 heteroatoms. The summed E-state index contributed by atoms with van der Waals surface area (Å²) < 4.78 is 0. The number of rotatable bonds is 4. The molecule has 2 rings (SSSR count). The number of benzene rings is 2. The number of anilines is 1. The van der Waals surface area contributed by atoms with Gasteiger partial charge in [0.05, 0.1) is 10.6 Å². The van der Waals surface area contributed by atoms with Gasteiger partial charge < -0.3 is 5.32 Å². The average molecular weight is 385 g/mol. The number of carbonyl (C=O) groups is 1. The minimum absolute atomic E-state index is 0.155. The molecule has 0 aliphatic rings. The van der Waals surface area contributed by atoms with Crippen LogP contribution in [0.15, 0.2) is 47.4 Å². The minimum atomic E-state index is -0.198. The molecule has 0 spiro atoms. The Morgan fingerprint density at radius 1 is 1.29 bits per heavy atom. The van der Waals surface area contributed by atoms with Gasteiger partial charge >= 0.3 is 0 Å². The van der Waals surface area contributed by atoms with Crippen LogP contribution in [0.4, 0.5) is 5.69 Å². The van der Waals surface area contributed by atoms with Crippen LogP contribution in [0, 0.1) is 0 Å². The second-order valence-electron chi connectivity index (χ2n) is 4.50. The Labute approximate surface area is 142 Å². The number of para-hydroxylation sites is 1. The summed E-state index contributed by atoms with van der Waals surface area (Å²) in [5.74, 6) is -0.198. The van der Waals surface area contributed by atoms with Crippen molar-refractivity contribution in [1.29, 1.82) is 0 Å². The van der Waals surface area contributed by atoms with E-state index < -0.39 is 0 Å². The highest BCUT2D eigenvalue weighted by Crippen LogP contribution is 2.30. The van der Waals surface area contributed by atoms with Crippen molar-refractivity contribution in [3.63, 3.8) is 0 Å². The van der Waals surface area contributed by atoms with E-state index in [1.807, 2.05) is 49.6 Å². The maximum absolute atomic E-state index is 12.5. The molecule has 0 aliphatic carbocycles. The summed E-state index contributed by atoms with van der Waals surface area (Å²) in [6, 6.07) is 13.2. The SMILES string of the molecule is CSc1ccc(Cl)c(C(=O)Nc2ccccc2C(C)Br)c1. The molecule has 0 bridgehead atoms.